The van der Waals surface area contributed by atoms with Gasteiger partial charge in [-0.15, -0.1) is 0 Å². The summed E-state index contributed by atoms with van der Waals surface area (Å²) in [5.41, 5.74) is -0.0800. The summed E-state index contributed by atoms with van der Waals surface area (Å²) < 4.78 is 36.1. The van der Waals surface area contributed by atoms with Crippen molar-refractivity contribution in [3.63, 3.8) is 0 Å². The normalized spacial score (nSPS) is 15.8. The van der Waals surface area contributed by atoms with Crippen LogP contribution in [0.15, 0.2) is 21.5 Å². The summed E-state index contributed by atoms with van der Waals surface area (Å²) in [6.07, 6.45) is 3.27. The zero-order valence-electron chi connectivity index (χ0n) is 10.3. The van der Waals surface area contributed by atoms with E-state index >= 15 is 0 Å². The van der Waals surface area contributed by atoms with Crippen molar-refractivity contribution in [2.45, 2.75) is 24.2 Å². The molecule has 1 aromatic rings. The molecule has 0 radical (unpaired) electrons. The summed E-state index contributed by atoms with van der Waals surface area (Å²) in [4.78, 5) is 11.5. The van der Waals surface area contributed by atoms with Gasteiger partial charge in [0, 0.05) is 17.2 Å². The van der Waals surface area contributed by atoms with Gasteiger partial charge in [-0.25, -0.2) is 12.8 Å². The van der Waals surface area contributed by atoms with Gasteiger partial charge in [-0.1, -0.05) is 6.42 Å². The lowest BCUT2D eigenvalue weighted by atomic mass is 9.85. The van der Waals surface area contributed by atoms with Crippen molar-refractivity contribution in [2.24, 2.45) is 5.92 Å². The van der Waals surface area contributed by atoms with E-state index in [1.807, 2.05) is 0 Å². The largest absolute Gasteiger partial charge is 0.352 e. The van der Waals surface area contributed by atoms with Gasteiger partial charge >= 0.3 is 0 Å². The Morgan fingerprint density at radius 2 is 2.10 bits per heavy atom. The summed E-state index contributed by atoms with van der Waals surface area (Å²) in [7, 11) is 1.08. The molecule has 0 heterocycles. The van der Waals surface area contributed by atoms with Crippen molar-refractivity contribution in [1.82, 2.24) is 5.32 Å². The lowest BCUT2D eigenvalue weighted by molar-refractivity contribution is 0.0937. The molecule has 1 amide bonds. The van der Waals surface area contributed by atoms with Crippen molar-refractivity contribution < 1.29 is 17.6 Å². The molecule has 1 aromatic carbocycles. The van der Waals surface area contributed by atoms with E-state index in [0.717, 1.165) is 31.4 Å². The van der Waals surface area contributed by atoms with Crippen molar-refractivity contribution in [3.05, 3.63) is 28.0 Å². The van der Waals surface area contributed by atoms with Crippen LogP contribution in [0.4, 0.5) is 4.39 Å². The fourth-order valence-corrected chi connectivity index (χ4v) is 4.21. The van der Waals surface area contributed by atoms with Crippen LogP contribution >= 0.6 is 26.6 Å². The molecule has 1 fully saturated rings. The average molecular weight is 385 g/mol. The zero-order chi connectivity index (χ0) is 14.9. The first-order chi connectivity index (χ1) is 9.29. The Kier molecular flexibility index (Phi) is 4.71. The molecule has 1 saturated carbocycles. The van der Waals surface area contributed by atoms with Crippen LogP contribution in [0.5, 0.6) is 0 Å². The van der Waals surface area contributed by atoms with E-state index in [0.29, 0.717) is 12.5 Å². The predicted molar refractivity (Wildman–Crippen MR) is 76.8 cm³/mol. The van der Waals surface area contributed by atoms with Crippen LogP contribution in [-0.4, -0.2) is 20.9 Å². The number of nitrogens with one attached hydrogen (secondary N) is 1. The van der Waals surface area contributed by atoms with E-state index in [9.17, 15) is 17.6 Å². The average Bonchev–Trinajstić information content (AvgIpc) is 2.28. The monoisotopic (exact) mass is 383 g/mol. The van der Waals surface area contributed by atoms with Crippen LogP contribution in [-0.2, 0) is 9.05 Å². The third-order valence-corrected chi connectivity index (χ3v) is 5.75. The smallest absolute Gasteiger partial charge is 0.262 e. The highest BCUT2D eigenvalue weighted by Gasteiger charge is 2.23. The molecular formula is C12H12BrClFNO3S. The second kappa shape index (κ2) is 5.99. The highest BCUT2D eigenvalue weighted by molar-refractivity contribution is 9.10. The number of benzene rings is 1. The Bertz CT molecular complexity index is 646. The number of halogens is 3. The Hall–Kier alpha value is -0.660. The number of amides is 1. The summed E-state index contributed by atoms with van der Waals surface area (Å²) in [6.45, 7) is 0.505. The molecule has 1 aliphatic carbocycles. The minimum absolute atomic E-state index is 0.0278. The highest BCUT2D eigenvalue weighted by atomic mass is 79.9. The first-order valence-corrected chi connectivity index (χ1v) is 9.11. The zero-order valence-corrected chi connectivity index (χ0v) is 13.5. The van der Waals surface area contributed by atoms with E-state index in [1.54, 1.807) is 0 Å². The second-order valence-corrected chi connectivity index (χ2v) is 8.04. The quantitative estimate of drug-likeness (QED) is 0.812. The molecule has 8 heteroatoms. The van der Waals surface area contributed by atoms with Crippen LogP contribution in [0.3, 0.4) is 0 Å². The standard InChI is InChI=1S/C12H12BrClFNO3S/c13-11-9(12(17)16-6-7-2-1-3-7)4-8(15)5-10(11)20(14,18)19/h4-5,7H,1-3,6H2,(H,16,17). The van der Waals surface area contributed by atoms with E-state index < -0.39 is 25.7 Å². The maximum absolute atomic E-state index is 13.5. The van der Waals surface area contributed by atoms with Crippen LogP contribution in [0.2, 0.25) is 0 Å². The highest BCUT2D eigenvalue weighted by Crippen LogP contribution is 2.30. The molecule has 20 heavy (non-hydrogen) atoms. The topological polar surface area (TPSA) is 63.2 Å². The second-order valence-electron chi connectivity index (χ2n) is 4.71. The Morgan fingerprint density at radius 3 is 2.60 bits per heavy atom. The first kappa shape index (κ1) is 15.7. The minimum Gasteiger partial charge on any atom is -0.352 e. The van der Waals surface area contributed by atoms with Gasteiger partial charge < -0.3 is 5.32 Å². The number of carbonyl (C=O) groups is 1. The summed E-state index contributed by atoms with van der Waals surface area (Å²) >= 11 is 3.00. The Morgan fingerprint density at radius 1 is 1.45 bits per heavy atom. The van der Waals surface area contributed by atoms with Crippen LogP contribution in [0.25, 0.3) is 0 Å². The first-order valence-electron chi connectivity index (χ1n) is 6.01. The molecule has 110 valence electrons. The third kappa shape index (κ3) is 3.51. The van der Waals surface area contributed by atoms with Gasteiger partial charge in [-0.2, -0.15) is 0 Å². The van der Waals surface area contributed by atoms with Gasteiger partial charge in [0.05, 0.1) is 10.0 Å². The van der Waals surface area contributed by atoms with E-state index in [4.69, 9.17) is 10.7 Å². The van der Waals surface area contributed by atoms with E-state index in [-0.39, 0.29) is 10.0 Å². The minimum atomic E-state index is -4.13. The molecule has 0 spiro atoms. The van der Waals surface area contributed by atoms with E-state index in [1.165, 1.54) is 0 Å². The molecule has 2 rings (SSSR count). The predicted octanol–water partition coefficient (Wildman–Crippen LogP) is 3.05. The van der Waals surface area contributed by atoms with Gasteiger partial charge in [0.15, 0.2) is 0 Å². The van der Waals surface area contributed by atoms with Gasteiger partial charge in [-0.05, 0) is 46.8 Å². The molecule has 0 saturated heterocycles. The Labute approximate surface area is 129 Å². The van der Waals surface area contributed by atoms with Crippen LogP contribution in [0, 0.1) is 11.7 Å². The maximum atomic E-state index is 13.5. The van der Waals surface area contributed by atoms with Gasteiger partial charge in [0.25, 0.3) is 15.0 Å². The lowest BCUT2D eigenvalue weighted by Crippen LogP contribution is -2.32. The fourth-order valence-electron chi connectivity index (χ4n) is 1.94. The van der Waals surface area contributed by atoms with Gasteiger partial charge in [0.1, 0.15) is 10.7 Å². The molecular weight excluding hydrogens is 373 g/mol. The molecule has 0 atom stereocenters. The molecule has 1 aliphatic rings. The number of carbonyl (C=O) groups excluding carboxylic acids is 1. The maximum Gasteiger partial charge on any atom is 0.262 e. The van der Waals surface area contributed by atoms with Crippen molar-refractivity contribution >= 4 is 41.6 Å². The van der Waals surface area contributed by atoms with Crippen molar-refractivity contribution in [2.75, 3.05) is 6.54 Å². The molecule has 0 aromatic heterocycles. The van der Waals surface area contributed by atoms with Crippen LogP contribution < -0.4 is 5.32 Å². The molecule has 0 unspecified atom stereocenters. The molecule has 0 aliphatic heterocycles. The van der Waals surface area contributed by atoms with Crippen LogP contribution in [0.1, 0.15) is 29.6 Å². The van der Waals surface area contributed by atoms with Crippen molar-refractivity contribution in [3.8, 4) is 0 Å². The number of hydrogen-bond donors (Lipinski definition) is 1. The van der Waals surface area contributed by atoms with E-state index in [2.05, 4.69) is 21.2 Å². The number of hydrogen-bond acceptors (Lipinski definition) is 3. The van der Waals surface area contributed by atoms with Crippen molar-refractivity contribution in [1.29, 1.82) is 0 Å². The van der Waals surface area contributed by atoms with Gasteiger partial charge in [-0.3, -0.25) is 4.79 Å². The molecule has 4 nitrogen and oxygen atoms in total. The summed E-state index contributed by atoms with van der Waals surface area (Å²) in [5.74, 6) is -0.909. The Balaban J connectivity index is 2.26. The third-order valence-electron chi connectivity index (χ3n) is 3.29. The number of rotatable bonds is 4. The van der Waals surface area contributed by atoms with Gasteiger partial charge in [0.2, 0.25) is 0 Å². The summed E-state index contributed by atoms with van der Waals surface area (Å²) in [5, 5.41) is 2.67. The SMILES string of the molecule is O=C(NCC1CCC1)c1cc(F)cc(S(=O)(=O)Cl)c1Br. The molecule has 0 bridgehead atoms. The molecule has 1 N–H and O–H groups in total. The summed E-state index contributed by atoms with van der Waals surface area (Å²) in [6, 6.07) is 1.75. The fraction of sp³-hybridized carbons (Fsp3) is 0.417. The lowest BCUT2D eigenvalue weighted by Gasteiger charge is -2.25.